The van der Waals surface area contributed by atoms with Crippen LogP contribution in [-0.2, 0) is 0 Å². The molecule has 0 radical (unpaired) electrons. The quantitative estimate of drug-likeness (QED) is 0.415. The molecule has 0 aromatic heterocycles. The topological polar surface area (TPSA) is 40.5 Å². The van der Waals surface area contributed by atoms with Crippen molar-refractivity contribution in [1.82, 2.24) is 0 Å². The van der Waals surface area contributed by atoms with Gasteiger partial charge >= 0.3 is 0 Å². The highest BCUT2D eigenvalue weighted by molar-refractivity contribution is 5.05. The number of rotatable bonds is 2. The van der Waals surface area contributed by atoms with Crippen LogP contribution in [0.1, 0.15) is 6.92 Å². The number of hydrogen-bond donors (Lipinski definition) is 2. The number of aliphatic hydroxyl groups excluding tert-OH is 2. The Morgan fingerprint density at radius 1 is 1.62 bits per heavy atom. The molecule has 0 bridgehead atoms. The molecule has 2 N–H and O–H groups in total. The summed E-state index contributed by atoms with van der Waals surface area (Å²) in [7, 11) is 0. The molecule has 0 heterocycles. The van der Waals surface area contributed by atoms with Crippen molar-refractivity contribution in [2.75, 3.05) is 6.61 Å². The Labute approximate surface area is 48.8 Å². The van der Waals surface area contributed by atoms with Crippen molar-refractivity contribution in [1.29, 1.82) is 0 Å². The summed E-state index contributed by atoms with van der Waals surface area (Å²) in [5.74, 6) is -0.0110. The fraction of sp³-hybridized carbons (Fsp3) is 0.333. The highest BCUT2D eigenvalue weighted by Gasteiger charge is 1.80. The van der Waals surface area contributed by atoms with Crippen molar-refractivity contribution in [2.45, 2.75) is 6.92 Å². The van der Waals surface area contributed by atoms with E-state index in [0.717, 1.165) is 0 Å². The Morgan fingerprint density at radius 2 is 2.25 bits per heavy atom. The fourth-order valence-electron chi connectivity index (χ4n) is 0.260. The van der Waals surface area contributed by atoms with Crippen LogP contribution in [-0.4, -0.2) is 16.8 Å². The van der Waals surface area contributed by atoms with Crippen molar-refractivity contribution in [3.63, 3.8) is 0 Å². The van der Waals surface area contributed by atoms with E-state index in [-0.39, 0.29) is 12.4 Å². The second-order valence-electron chi connectivity index (χ2n) is 1.34. The van der Waals surface area contributed by atoms with Crippen molar-refractivity contribution in [3.8, 4) is 0 Å². The molecule has 0 atom stereocenters. The molecule has 0 saturated carbocycles. The molecule has 0 spiro atoms. The standard InChI is InChI=1S/C6H10O2/c1-2-3-4-6(8)5-7/h2-4,7-8H,5H2,1H3/b3-2-,6-4+. The molecule has 0 aliphatic carbocycles. The molecule has 2 heteroatoms. The molecule has 8 heavy (non-hydrogen) atoms. The van der Waals surface area contributed by atoms with Gasteiger partial charge < -0.3 is 10.2 Å². The summed E-state index contributed by atoms with van der Waals surface area (Å²) < 4.78 is 0. The van der Waals surface area contributed by atoms with E-state index in [1.807, 2.05) is 6.92 Å². The van der Waals surface area contributed by atoms with Gasteiger partial charge in [0, 0.05) is 0 Å². The molecular formula is C6H10O2. The highest BCUT2D eigenvalue weighted by atomic mass is 16.3. The number of allylic oxidation sites excluding steroid dienone is 3. The van der Waals surface area contributed by atoms with Gasteiger partial charge in [0.1, 0.15) is 12.4 Å². The fourth-order valence-corrected chi connectivity index (χ4v) is 0.260. The monoisotopic (exact) mass is 114 g/mol. The van der Waals surface area contributed by atoms with E-state index in [0.29, 0.717) is 0 Å². The SMILES string of the molecule is C/C=C\C=C(\O)CO. The summed E-state index contributed by atoms with van der Waals surface area (Å²) in [6.45, 7) is 1.55. The van der Waals surface area contributed by atoms with Gasteiger partial charge in [0.2, 0.25) is 0 Å². The zero-order valence-electron chi connectivity index (χ0n) is 4.83. The molecule has 0 aromatic carbocycles. The summed E-state index contributed by atoms with van der Waals surface area (Å²) >= 11 is 0. The van der Waals surface area contributed by atoms with Crippen LogP contribution in [0.5, 0.6) is 0 Å². The van der Waals surface area contributed by atoms with Crippen LogP contribution in [0, 0.1) is 0 Å². The Morgan fingerprint density at radius 3 is 2.62 bits per heavy atom. The maximum atomic E-state index is 8.55. The van der Waals surface area contributed by atoms with Crippen molar-refractivity contribution in [3.05, 3.63) is 24.0 Å². The van der Waals surface area contributed by atoms with E-state index in [2.05, 4.69) is 0 Å². The lowest BCUT2D eigenvalue weighted by atomic mass is 10.4. The third-order valence-corrected chi connectivity index (χ3v) is 0.643. The predicted octanol–water partition coefficient (Wildman–Crippen LogP) is 0.997. The maximum Gasteiger partial charge on any atom is 0.118 e. The Kier molecular flexibility index (Phi) is 3.98. The Balaban J connectivity index is 3.57. The summed E-state index contributed by atoms with van der Waals surface area (Å²) in [4.78, 5) is 0. The van der Waals surface area contributed by atoms with Crippen molar-refractivity contribution < 1.29 is 10.2 Å². The van der Waals surface area contributed by atoms with E-state index >= 15 is 0 Å². The zero-order chi connectivity index (χ0) is 6.41. The van der Waals surface area contributed by atoms with E-state index in [4.69, 9.17) is 10.2 Å². The molecule has 0 aliphatic heterocycles. The summed E-state index contributed by atoms with van der Waals surface area (Å²) in [5.41, 5.74) is 0. The average molecular weight is 114 g/mol. The van der Waals surface area contributed by atoms with Crippen LogP contribution in [0.15, 0.2) is 24.0 Å². The Hall–Kier alpha value is -0.760. The lowest BCUT2D eigenvalue weighted by molar-refractivity contribution is 0.253. The summed E-state index contributed by atoms with van der Waals surface area (Å²) in [6.07, 6.45) is 4.87. The second kappa shape index (κ2) is 4.40. The molecule has 0 amide bonds. The number of hydrogen-bond acceptors (Lipinski definition) is 2. The summed E-state index contributed by atoms with van der Waals surface area (Å²) in [5, 5.41) is 16.8. The zero-order valence-corrected chi connectivity index (χ0v) is 4.83. The van der Waals surface area contributed by atoms with Crippen LogP contribution < -0.4 is 0 Å². The molecule has 2 nitrogen and oxygen atoms in total. The van der Waals surface area contributed by atoms with Gasteiger partial charge in [0.25, 0.3) is 0 Å². The molecule has 46 valence electrons. The summed E-state index contributed by atoms with van der Waals surface area (Å²) in [6, 6.07) is 0. The van der Waals surface area contributed by atoms with Crippen LogP contribution in [0.4, 0.5) is 0 Å². The third kappa shape index (κ3) is 3.43. The first kappa shape index (κ1) is 7.24. The largest absolute Gasteiger partial charge is 0.510 e. The molecule has 0 saturated heterocycles. The molecule has 0 fully saturated rings. The molecular weight excluding hydrogens is 104 g/mol. The van der Waals surface area contributed by atoms with Gasteiger partial charge in [-0.3, -0.25) is 0 Å². The van der Waals surface area contributed by atoms with Gasteiger partial charge in [-0.2, -0.15) is 0 Å². The molecule has 0 unspecified atom stereocenters. The first-order chi connectivity index (χ1) is 3.81. The first-order valence-electron chi connectivity index (χ1n) is 2.43. The predicted molar refractivity (Wildman–Crippen MR) is 32.6 cm³/mol. The second-order valence-corrected chi connectivity index (χ2v) is 1.34. The van der Waals surface area contributed by atoms with E-state index in [1.54, 1.807) is 12.2 Å². The molecule has 0 aromatic rings. The Bertz CT molecular complexity index is 103. The van der Waals surface area contributed by atoms with Gasteiger partial charge in [-0.25, -0.2) is 0 Å². The van der Waals surface area contributed by atoms with Crippen LogP contribution in [0.3, 0.4) is 0 Å². The minimum atomic E-state index is -0.287. The van der Waals surface area contributed by atoms with E-state index in [1.165, 1.54) is 6.08 Å². The van der Waals surface area contributed by atoms with Crippen LogP contribution in [0.2, 0.25) is 0 Å². The van der Waals surface area contributed by atoms with Crippen LogP contribution >= 0.6 is 0 Å². The normalized spacial score (nSPS) is 13.0. The van der Waals surface area contributed by atoms with E-state index in [9.17, 15) is 0 Å². The lowest BCUT2D eigenvalue weighted by Crippen LogP contribution is -1.84. The average Bonchev–Trinajstić information content (AvgIpc) is 1.83. The van der Waals surface area contributed by atoms with Crippen LogP contribution in [0.25, 0.3) is 0 Å². The van der Waals surface area contributed by atoms with Gasteiger partial charge in [-0.15, -0.1) is 0 Å². The first-order valence-corrected chi connectivity index (χ1v) is 2.43. The molecule has 0 rings (SSSR count). The van der Waals surface area contributed by atoms with Crippen molar-refractivity contribution in [2.24, 2.45) is 0 Å². The molecule has 0 aliphatic rings. The minimum Gasteiger partial charge on any atom is -0.510 e. The third-order valence-electron chi connectivity index (χ3n) is 0.643. The lowest BCUT2D eigenvalue weighted by Gasteiger charge is -1.86. The van der Waals surface area contributed by atoms with Gasteiger partial charge in [0.05, 0.1) is 0 Å². The van der Waals surface area contributed by atoms with Gasteiger partial charge in [-0.1, -0.05) is 12.2 Å². The number of aliphatic hydroxyl groups is 2. The van der Waals surface area contributed by atoms with Crippen molar-refractivity contribution >= 4 is 0 Å². The van der Waals surface area contributed by atoms with Gasteiger partial charge in [0.15, 0.2) is 0 Å². The van der Waals surface area contributed by atoms with E-state index < -0.39 is 0 Å². The smallest absolute Gasteiger partial charge is 0.118 e. The van der Waals surface area contributed by atoms with Gasteiger partial charge in [-0.05, 0) is 13.0 Å². The minimum absolute atomic E-state index is 0.0110. The maximum absolute atomic E-state index is 8.55. The highest BCUT2D eigenvalue weighted by Crippen LogP contribution is 1.84.